The maximum absolute atomic E-state index is 5.30. The predicted octanol–water partition coefficient (Wildman–Crippen LogP) is 0.864. The Bertz CT molecular complexity index is 344. The second-order valence-corrected chi connectivity index (χ2v) is 2.89. The van der Waals surface area contributed by atoms with Crippen LogP contribution in [-0.4, -0.2) is 23.2 Å². The number of rotatable bonds is 7. The second kappa shape index (κ2) is 6.76. The molecule has 88 valence electrons. The fourth-order valence-electron chi connectivity index (χ4n) is 1.02. The Balaban J connectivity index is 2.78. The van der Waals surface area contributed by atoms with Crippen LogP contribution in [-0.2, 0) is 11.3 Å². The first-order chi connectivity index (χ1) is 7.80. The molecule has 0 aliphatic carbocycles. The minimum absolute atomic E-state index is 0.330. The maximum Gasteiger partial charge on any atom is 0.219 e. The van der Waals surface area contributed by atoms with E-state index in [1.54, 1.807) is 12.1 Å². The van der Waals surface area contributed by atoms with E-state index in [0.717, 1.165) is 0 Å². The van der Waals surface area contributed by atoms with Gasteiger partial charge in [0.2, 0.25) is 5.88 Å². The van der Waals surface area contributed by atoms with Crippen molar-refractivity contribution in [2.75, 3.05) is 18.6 Å². The highest BCUT2D eigenvalue weighted by molar-refractivity contribution is 5.36. The van der Waals surface area contributed by atoms with Gasteiger partial charge < -0.3 is 14.9 Å². The Kier molecular flexibility index (Phi) is 5.24. The number of nitrogen functional groups attached to an aromatic ring is 1. The lowest BCUT2D eigenvalue weighted by Gasteiger charge is -2.07. The summed E-state index contributed by atoms with van der Waals surface area (Å²) in [5.74, 6) is 6.74. The zero-order chi connectivity index (χ0) is 11.8. The largest absolute Gasteiger partial charge is 0.473 e. The van der Waals surface area contributed by atoms with E-state index in [-0.39, 0.29) is 0 Å². The molecular formula is C10H16N4O2. The maximum atomic E-state index is 5.30. The van der Waals surface area contributed by atoms with Gasteiger partial charge in [-0.2, -0.15) is 4.98 Å². The molecule has 6 heteroatoms. The number of hydrazine groups is 1. The molecular weight excluding hydrogens is 208 g/mol. The van der Waals surface area contributed by atoms with Crippen LogP contribution in [0.1, 0.15) is 12.7 Å². The number of nitrogens with two attached hydrogens (primary N) is 1. The first-order valence-corrected chi connectivity index (χ1v) is 4.96. The predicted molar refractivity (Wildman–Crippen MR) is 60.9 cm³/mol. The van der Waals surface area contributed by atoms with E-state index in [1.807, 2.05) is 6.92 Å². The Labute approximate surface area is 94.5 Å². The number of ether oxygens (including phenoxy) is 2. The van der Waals surface area contributed by atoms with Crippen LogP contribution in [0.15, 0.2) is 18.7 Å². The fourth-order valence-corrected chi connectivity index (χ4v) is 1.02. The molecule has 0 unspecified atom stereocenters. The first kappa shape index (κ1) is 12.4. The molecule has 0 radical (unpaired) electrons. The molecule has 0 saturated carbocycles. The molecule has 1 rings (SSSR count). The average molecular weight is 224 g/mol. The highest BCUT2D eigenvalue weighted by Gasteiger charge is 2.04. The van der Waals surface area contributed by atoms with Gasteiger partial charge in [-0.3, -0.25) is 0 Å². The Hall–Kier alpha value is -1.66. The van der Waals surface area contributed by atoms with Crippen molar-refractivity contribution in [3.8, 4) is 5.88 Å². The molecule has 0 aliphatic heterocycles. The van der Waals surface area contributed by atoms with Crippen LogP contribution in [0.5, 0.6) is 5.88 Å². The van der Waals surface area contributed by atoms with E-state index in [9.17, 15) is 0 Å². The number of nitrogens with zero attached hydrogens (tertiary/aromatic N) is 2. The van der Waals surface area contributed by atoms with Crippen LogP contribution in [0, 0.1) is 0 Å². The number of aromatic nitrogens is 2. The lowest BCUT2D eigenvalue weighted by molar-refractivity contribution is 0.127. The van der Waals surface area contributed by atoms with Gasteiger partial charge in [0.1, 0.15) is 19.0 Å². The molecule has 0 bridgehead atoms. The quantitative estimate of drug-likeness (QED) is 0.406. The van der Waals surface area contributed by atoms with Gasteiger partial charge in [0.15, 0.2) is 5.82 Å². The van der Waals surface area contributed by atoms with Crippen molar-refractivity contribution in [1.29, 1.82) is 0 Å². The van der Waals surface area contributed by atoms with Crippen LogP contribution in [0.25, 0.3) is 0 Å². The smallest absolute Gasteiger partial charge is 0.219 e. The zero-order valence-electron chi connectivity index (χ0n) is 9.27. The standard InChI is InChI=1S/C10H16N4O2/c1-3-5-16-10-6-8(14-11)12-9(13-10)7-15-4-2/h3,6H,1,4-5,7,11H2,2H3,(H,12,13,14). The molecule has 0 saturated heterocycles. The Morgan fingerprint density at radius 2 is 2.38 bits per heavy atom. The van der Waals surface area contributed by atoms with Crippen molar-refractivity contribution in [2.45, 2.75) is 13.5 Å². The van der Waals surface area contributed by atoms with E-state index < -0.39 is 0 Å². The third-order valence-electron chi connectivity index (χ3n) is 1.68. The van der Waals surface area contributed by atoms with E-state index >= 15 is 0 Å². The molecule has 1 aromatic rings. The highest BCUT2D eigenvalue weighted by atomic mass is 16.5. The second-order valence-electron chi connectivity index (χ2n) is 2.89. The van der Waals surface area contributed by atoms with Gasteiger partial charge in [0.05, 0.1) is 0 Å². The topological polar surface area (TPSA) is 82.3 Å². The van der Waals surface area contributed by atoms with Crippen LogP contribution in [0.4, 0.5) is 5.82 Å². The average Bonchev–Trinajstić information content (AvgIpc) is 2.33. The summed E-state index contributed by atoms with van der Waals surface area (Å²) in [5.41, 5.74) is 2.45. The first-order valence-electron chi connectivity index (χ1n) is 4.96. The summed E-state index contributed by atoms with van der Waals surface area (Å²) in [6.07, 6.45) is 1.64. The summed E-state index contributed by atoms with van der Waals surface area (Å²) in [5, 5.41) is 0. The Morgan fingerprint density at radius 1 is 1.56 bits per heavy atom. The normalized spacial score (nSPS) is 9.88. The molecule has 0 amide bonds. The van der Waals surface area contributed by atoms with Crippen molar-refractivity contribution in [3.05, 3.63) is 24.5 Å². The molecule has 0 aromatic carbocycles. The zero-order valence-corrected chi connectivity index (χ0v) is 9.27. The molecule has 0 fully saturated rings. The summed E-state index contributed by atoms with van der Waals surface area (Å²) in [6, 6.07) is 1.61. The van der Waals surface area contributed by atoms with E-state index in [2.05, 4.69) is 22.0 Å². The third kappa shape index (κ3) is 3.84. The van der Waals surface area contributed by atoms with Gasteiger partial charge in [-0.1, -0.05) is 12.7 Å². The number of hydrogen-bond donors (Lipinski definition) is 2. The van der Waals surface area contributed by atoms with Crippen molar-refractivity contribution in [2.24, 2.45) is 5.84 Å². The van der Waals surface area contributed by atoms with Gasteiger partial charge >= 0.3 is 0 Å². The molecule has 3 N–H and O–H groups in total. The van der Waals surface area contributed by atoms with Crippen LogP contribution in [0.3, 0.4) is 0 Å². The lowest BCUT2D eigenvalue weighted by atomic mass is 10.5. The van der Waals surface area contributed by atoms with Gasteiger partial charge in [-0.05, 0) is 6.92 Å². The molecule has 0 aliphatic rings. The molecule has 6 nitrogen and oxygen atoms in total. The van der Waals surface area contributed by atoms with Crippen LogP contribution >= 0.6 is 0 Å². The molecule has 16 heavy (non-hydrogen) atoms. The third-order valence-corrected chi connectivity index (χ3v) is 1.68. The van der Waals surface area contributed by atoms with Gasteiger partial charge in [-0.25, -0.2) is 10.8 Å². The fraction of sp³-hybridized carbons (Fsp3) is 0.400. The summed E-state index contributed by atoms with van der Waals surface area (Å²) in [4.78, 5) is 8.27. The van der Waals surface area contributed by atoms with Crippen LogP contribution in [0.2, 0.25) is 0 Å². The van der Waals surface area contributed by atoms with Crippen molar-refractivity contribution < 1.29 is 9.47 Å². The van der Waals surface area contributed by atoms with Crippen molar-refractivity contribution in [1.82, 2.24) is 9.97 Å². The van der Waals surface area contributed by atoms with Gasteiger partial charge in [0, 0.05) is 12.7 Å². The summed E-state index contributed by atoms with van der Waals surface area (Å²) in [6.45, 7) is 6.78. The van der Waals surface area contributed by atoms with Crippen LogP contribution < -0.4 is 16.0 Å². The lowest BCUT2D eigenvalue weighted by Crippen LogP contribution is -2.12. The van der Waals surface area contributed by atoms with Crippen molar-refractivity contribution >= 4 is 5.82 Å². The number of nitrogens with one attached hydrogen (secondary N) is 1. The minimum Gasteiger partial charge on any atom is -0.473 e. The molecule has 0 atom stereocenters. The number of anilines is 1. The van der Waals surface area contributed by atoms with E-state index in [1.165, 1.54) is 0 Å². The monoisotopic (exact) mass is 224 g/mol. The molecule has 1 heterocycles. The van der Waals surface area contributed by atoms with Gasteiger partial charge in [-0.15, -0.1) is 0 Å². The molecule has 1 aromatic heterocycles. The summed E-state index contributed by atoms with van der Waals surface area (Å²) < 4.78 is 10.5. The molecule has 0 spiro atoms. The van der Waals surface area contributed by atoms with E-state index in [4.69, 9.17) is 15.3 Å². The highest BCUT2D eigenvalue weighted by Crippen LogP contribution is 2.13. The summed E-state index contributed by atoms with van der Waals surface area (Å²) in [7, 11) is 0. The van der Waals surface area contributed by atoms with E-state index in [0.29, 0.717) is 37.3 Å². The SMILES string of the molecule is C=CCOc1cc(NN)nc(COCC)n1. The summed E-state index contributed by atoms with van der Waals surface area (Å²) >= 11 is 0. The van der Waals surface area contributed by atoms with Gasteiger partial charge in [0.25, 0.3) is 0 Å². The number of hydrogen-bond acceptors (Lipinski definition) is 6. The Morgan fingerprint density at radius 3 is 3.00 bits per heavy atom. The minimum atomic E-state index is 0.330. The van der Waals surface area contributed by atoms with Crippen molar-refractivity contribution in [3.63, 3.8) is 0 Å².